The monoisotopic (exact) mass is 486 g/mol. The maximum absolute atomic E-state index is 13.8. The molecule has 1 aliphatic heterocycles. The minimum absolute atomic E-state index is 0.226. The molecule has 3 heterocycles. The molecule has 0 saturated carbocycles. The Morgan fingerprint density at radius 3 is 2.63 bits per heavy atom. The molecule has 0 fully saturated rings. The van der Waals surface area contributed by atoms with Crippen LogP contribution in [0.5, 0.6) is 5.75 Å². The molecule has 4 aromatic rings. The molecule has 0 bridgehead atoms. The SMILES string of the molecule is COc1cccc(CN2C(=O)c3cc(-c4cccs4)nn3CC2(C)C(=O)NCc2ccccc2)c1. The lowest BCUT2D eigenvalue weighted by Crippen LogP contribution is -2.63. The van der Waals surface area contributed by atoms with Crippen LogP contribution in [0.15, 0.2) is 78.2 Å². The van der Waals surface area contributed by atoms with Gasteiger partial charge in [0.1, 0.15) is 22.7 Å². The second-order valence-corrected chi connectivity index (χ2v) is 9.68. The van der Waals surface area contributed by atoms with Crippen LogP contribution in [0, 0.1) is 0 Å². The summed E-state index contributed by atoms with van der Waals surface area (Å²) in [5.41, 5.74) is 1.95. The van der Waals surface area contributed by atoms with Crippen LogP contribution < -0.4 is 10.1 Å². The topological polar surface area (TPSA) is 76.5 Å². The van der Waals surface area contributed by atoms with E-state index in [-0.39, 0.29) is 24.9 Å². The Bertz CT molecular complexity index is 1350. The Morgan fingerprint density at radius 1 is 1.09 bits per heavy atom. The molecular formula is C27H26N4O3S. The highest BCUT2D eigenvalue weighted by molar-refractivity contribution is 7.13. The maximum atomic E-state index is 13.8. The zero-order chi connectivity index (χ0) is 24.4. The summed E-state index contributed by atoms with van der Waals surface area (Å²) >= 11 is 1.57. The van der Waals surface area contributed by atoms with Crippen LogP contribution in [0.3, 0.4) is 0 Å². The van der Waals surface area contributed by atoms with Gasteiger partial charge in [0.15, 0.2) is 0 Å². The van der Waals surface area contributed by atoms with Gasteiger partial charge in [0.2, 0.25) is 5.91 Å². The molecule has 0 radical (unpaired) electrons. The summed E-state index contributed by atoms with van der Waals surface area (Å²) in [5, 5.41) is 9.70. The molecule has 0 aliphatic carbocycles. The van der Waals surface area contributed by atoms with Crippen molar-refractivity contribution < 1.29 is 14.3 Å². The molecule has 0 spiro atoms. The van der Waals surface area contributed by atoms with Gasteiger partial charge >= 0.3 is 0 Å². The lowest BCUT2D eigenvalue weighted by Gasteiger charge is -2.43. The van der Waals surface area contributed by atoms with Gasteiger partial charge in [-0.2, -0.15) is 5.10 Å². The van der Waals surface area contributed by atoms with Crippen molar-refractivity contribution in [2.75, 3.05) is 7.11 Å². The van der Waals surface area contributed by atoms with Gasteiger partial charge < -0.3 is 15.0 Å². The summed E-state index contributed by atoms with van der Waals surface area (Å²) in [4.78, 5) is 30.1. The second kappa shape index (κ2) is 9.38. The third-order valence-corrected chi connectivity index (χ3v) is 7.22. The third-order valence-electron chi connectivity index (χ3n) is 6.33. The fourth-order valence-electron chi connectivity index (χ4n) is 4.36. The fraction of sp³-hybridized carbons (Fsp3) is 0.222. The normalized spacial score (nSPS) is 17.2. The van der Waals surface area contributed by atoms with E-state index >= 15 is 0 Å². The molecule has 1 aliphatic rings. The van der Waals surface area contributed by atoms with Crippen molar-refractivity contribution in [2.24, 2.45) is 0 Å². The van der Waals surface area contributed by atoms with Gasteiger partial charge in [0.25, 0.3) is 5.91 Å². The standard InChI is InChI=1S/C27H26N4O3S/c1-27(26(33)28-16-19-8-4-3-5-9-19)18-31-23(15-22(29-31)24-12-7-13-35-24)25(32)30(27)17-20-10-6-11-21(14-20)34-2/h3-15H,16-18H2,1-2H3,(H,28,33). The summed E-state index contributed by atoms with van der Waals surface area (Å²) in [6.45, 7) is 2.71. The number of nitrogens with zero attached hydrogens (tertiary/aromatic N) is 3. The molecule has 7 nitrogen and oxygen atoms in total. The van der Waals surface area contributed by atoms with Crippen molar-refractivity contribution in [3.8, 4) is 16.3 Å². The smallest absolute Gasteiger partial charge is 0.273 e. The molecule has 1 N–H and O–H groups in total. The number of amides is 2. The van der Waals surface area contributed by atoms with Crippen molar-refractivity contribution in [3.63, 3.8) is 0 Å². The van der Waals surface area contributed by atoms with Gasteiger partial charge in [-0.3, -0.25) is 14.3 Å². The molecular weight excluding hydrogens is 460 g/mol. The average Bonchev–Trinajstić information content (AvgIpc) is 3.56. The molecule has 1 unspecified atom stereocenters. The van der Waals surface area contributed by atoms with E-state index in [9.17, 15) is 9.59 Å². The number of carbonyl (C=O) groups is 2. The highest BCUT2D eigenvalue weighted by Crippen LogP contribution is 2.33. The number of hydrogen-bond acceptors (Lipinski definition) is 5. The van der Waals surface area contributed by atoms with Crippen molar-refractivity contribution in [1.29, 1.82) is 0 Å². The van der Waals surface area contributed by atoms with Crippen molar-refractivity contribution in [2.45, 2.75) is 32.1 Å². The van der Waals surface area contributed by atoms with Crippen LogP contribution in [-0.4, -0.2) is 39.1 Å². The highest BCUT2D eigenvalue weighted by Gasteiger charge is 2.48. The van der Waals surface area contributed by atoms with Crippen LogP contribution >= 0.6 is 11.3 Å². The lowest BCUT2D eigenvalue weighted by atomic mass is 9.94. The molecule has 0 saturated heterocycles. The fourth-order valence-corrected chi connectivity index (χ4v) is 5.04. The summed E-state index contributed by atoms with van der Waals surface area (Å²) in [6.07, 6.45) is 0. The summed E-state index contributed by atoms with van der Waals surface area (Å²) in [7, 11) is 1.61. The number of methoxy groups -OCH3 is 1. The predicted octanol–water partition coefficient (Wildman–Crippen LogP) is 4.35. The van der Waals surface area contributed by atoms with Crippen LogP contribution in [0.25, 0.3) is 10.6 Å². The van der Waals surface area contributed by atoms with E-state index in [1.54, 1.807) is 35.0 Å². The molecule has 2 amide bonds. The average molecular weight is 487 g/mol. The number of carbonyl (C=O) groups excluding carboxylic acids is 2. The quantitative estimate of drug-likeness (QED) is 0.421. The Balaban J connectivity index is 1.50. The van der Waals surface area contributed by atoms with Gasteiger partial charge in [-0.15, -0.1) is 11.3 Å². The molecule has 8 heteroatoms. The van der Waals surface area contributed by atoms with E-state index in [0.717, 1.165) is 21.7 Å². The van der Waals surface area contributed by atoms with E-state index in [4.69, 9.17) is 4.74 Å². The number of fused-ring (bicyclic) bond motifs is 1. The van der Waals surface area contributed by atoms with E-state index in [1.807, 2.05) is 78.2 Å². The highest BCUT2D eigenvalue weighted by atomic mass is 32.1. The van der Waals surface area contributed by atoms with Gasteiger partial charge in [-0.25, -0.2) is 0 Å². The number of hydrogen-bond donors (Lipinski definition) is 1. The molecule has 2 aromatic heterocycles. The number of nitrogens with one attached hydrogen (secondary N) is 1. The third kappa shape index (κ3) is 4.44. The van der Waals surface area contributed by atoms with Crippen molar-refractivity contribution in [1.82, 2.24) is 20.0 Å². The van der Waals surface area contributed by atoms with Gasteiger partial charge in [0, 0.05) is 13.1 Å². The Labute approximate surface area is 208 Å². The number of ether oxygens (including phenoxy) is 1. The molecule has 178 valence electrons. The zero-order valence-electron chi connectivity index (χ0n) is 19.6. The van der Waals surface area contributed by atoms with Crippen LogP contribution in [0.1, 0.15) is 28.5 Å². The van der Waals surface area contributed by atoms with E-state index in [2.05, 4.69) is 10.4 Å². The Morgan fingerprint density at radius 2 is 1.89 bits per heavy atom. The van der Waals surface area contributed by atoms with Gasteiger partial charge in [-0.05, 0) is 47.7 Å². The number of rotatable bonds is 7. The molecule has 35 heavy (non-hydrogen) atoms. The summed E-state index contributed by atoms with van der Waals surface area (Å²) in [6, 6.07) is 23.0. The van der Waals surface area contributed by atoms with Crippen molar-refractivity contribution >= 4 is 23.2 Å². The first-order chi connectivity index (χ1) is 17.0. The van der Waals surface area contributed by atoms with E-state index < -0.39 is 5.54 Å². The van der Waals surface area contributed by atoms with Crippen LogP contribution in [0.4, 0.5) is 0 Å². The zero-order valence-corrected chi connectivity index (χ0v) is 20.4. The predicted molar refractivity (Wildman–Crippen MR) is 135 cm³/mol. The maximum Gasteiger partial charge on any atom is 0.273 e. The first kappa shape index (κ1) is 22.9. The molecule has 1 atom stereocenters. The van der Waals surface area contributed by atoms with E-state index in [1.165, 1.54) is 0 Å². The number of benzene rings is 2. The van der Waals surface area contributed by atoms with Crippen LogP contribution in [0.2, 0.25) is 0 Å². The molecule has 2 aromatic carbocycles. The first-order valence-electron chi connectivity index (χ1n) is 11.4. The second-order valence-electron chi connectivity index (χ2n) is 8.73. The van der Waals surface area contributed by atoms with E-state index in [0.29, 0.717) is 18.0 Å². The van der Waals surface area contributed by atoms with Crippen molar-refractivity contribution in [3.05, 3.63) is 95.0 Å². The minimum Gasteiger partial charge on any atom is -0.497 e. The molecule has 5 rings (SSSR count). The Kier molecular flexibility index (Phi) is 6.13. The first-order valence-corrected chi connectivity index (χ1v) is 12.2. The number of thiophene rings is 1. The van der Waals surface area contributed by atoms with Gasteiger partial charge in [0.05, 0.1) is 18.5 Å². The largest absolute Gasteiger partial charge is 0.497 e. The summed E-state index contributed by atoms with van der Waals surface area (Å²) < 4.78 is 7.03. The Hall–Kier alpha value is -3.91. The van der Waals surface area contributed by atoms with Crippen LogP contribution in [-0.2, 0) is 24.4 Å². The number of aromatic nitrogens is 2. The summed E-state index contributed by atoms with van der Waals surface area (Å²) in [5.74, 6) is 0.246. The lowest BCUT2D eigenvalue weighted by molar-refractivity contribution is -0.133. The minimum atomic E-state index is -1.14. The van der Waals surface area contributed by atoms with Gasteiger partial charge in [-0.1, -0.05) is 48.5 Å².